The Kier molecular flexibility index (Phi) is 3.59. The molecule has 21 heavy (non-hydrogen) atoms. The summed E-state index contributed by atoms with van der Waals surface area (Å²) in [5.41, 5.74) is 9.69. The van der Waals surface area contributed by atoms with Crippen LogP contribution in [0.4, 0.5) is 5.69 Å². The van der Waals surface area contributed by atoms with Gasteiger partial charge in [0.2, 0.25) is 0 Å². The van der Waals surface area contributed by atoms with Crippen LogP contribution in [0.3, 0.4) is 0 Å². The van der Waals surface area contributed by atoms with E-state index in [4.69, 9.17) is 17.3 Å². The van der Waals surface area contributed by atoms with Gasteiger partial charge in [-0.15, -0.1) is 11.3 Å². The summed E-state index contributed by atoms with van der Waals surface area (Å²) in [6.45, 7) is 0. The molecule has 106 valence electrons. The maximum absolute atomic E-state index is 11.9. The lowest BCUT2D eigenvalue weighted by atomic mass is 10.2. The van der Waals surface area contributed by atoms with Crippen LogP contribution in [0.1, 0.15) is 16.1 Å². The molecular weight excluding hydrogens is 310 g/mol. The van der Waals surface area contributed by atoms with E-state index < -0.39 is 0 Å². The predicted molar refractivity (Wildman–Crippen MR) is 84.0 cm³/mol. The van der Waals surface area contributed by atoms with E-state index in [9.17, 15) is 4.79 Å². The van der Waals surface area contributed by atoms with Crippen LogP contribution in [-0.2, 0) is 0 Å². The number of imidazole rings is 1. The average Bonchev–Trinajstić information content (AvgIpc) is 3.02. The van der Waals surface area contributed by atoms with Gasteiger partial charge >= 0.3 is 0 Å². The number of nitrogens with two attached hydrogens (primary N) is 1. The van der Waals surface area contributed by atoms with E-state index in [1.54, 1.807) is 28.7 Å². The van der Waals surface area contributed by atoms with Gasteiger partial charge in [-0.2, -0.15) is 5.10 Å². The number of hydrogen-bond acceptors (Lipinski definition) is 5. The third-order valence-corrected chi connectivity index (χ3v) is 3.81. The zero-order chi connectivity index (χ0) is 14.8. The van der Waals surface area contributed by atoms with Crippen molar-refractivity contribution in [3.05, 3.63) is 52.3 Å². The summed E-state index contributed by atoms with van der Waals surface area (Å²) in [7, 11) is 0. The molecule has 0 atom stereocenters. The molecule has 3 rings (SSSR count). The number of carbonyl (C=O) groups is 1. The zero-order valence-electron chi connectivity index (χ0n) is 10.7. The monoisotopic (exact) mass is 319 g/mol. The van der Waals surface area contributed by atoms with Crippen molar-refractivity contribution in [2.75, 3.05) is 5.73 Å². The number of halogens is 1. The minimum absolute atomic E-state index is 0.326. The topological polar surface area (TPSA) is 84.8 Å². The first-order valence-electron chi connectivity index (χ1n) is 5.95. The minimum atomic E-state index is -0.326. The highest BCUT2D eigenvalue weighted by Gasteiger charge is 2.09. The van der Waals surface area contributed by atoms with Gasteiger partial charge in [0.1, 0.15) is 5.69 Å². The van der Waals surface area contributed by atoms with Crippen molar-refractivity contribution >= 4 is 45.7 Å². The molecule has 0 aliphatic rings. The fraction of sp³-hybridized carbons (Fsp3) is 0. The fourth-order valence-corrected chi connectivity index (χ4v) is 2.73. The van der Waals surface area contributed by atoms with Crippen LogP contribution < -0.4 is 11.2 Å². The number of aromatic nitrogens is 2. The quantitative estimate of drug-likeness (QED) is 0.441. The van der Waals surface area contributed by atoms with Crippen molar-refractivity contribution < 1.29 is 4.79 Å². The summed E-state index contributed by atoms with van der Waals surface area (Å²) in [5, 5.41) is 6.14. The van der Waals surface area contributed by atoms with Crippen LogP contribution in [0.5, 0.6) is 0 Å². The Morgan fingerprint density at radius 1 is 1.43 bits per heavy atom. The Balaban J connectivity index is 1.75. The maximum Gasteiger partial charge on any atom is 0.271 e. The van der Waals surface area contributed by atoms with Gasteiger partial charge in [-0.3, -0.25) is 9.20 Å². The lowest BCUT2D eigenvalue weighted by Crippen LogP contribution is -2.17. The summed E-state index contributed by atoms with van der Waals surface area (Å²) >= 11 is 7.48. The Morgan fingerprint density at radius 3 is 2.95 bits per heavy atom. The van der Waals surface area contributed by atoms with Gasteiger partial charge in [-0.1, -0.05) is 11.6 Å². The first-order valence-corrected chi connectivity index (χ1v) is 7.21. The number of benzene rings is 1. The van der Waals surface area contributed by atoms with Crippen molar-refractivity contribution in [2.45, 2.75) is 0 Å². The molecule has 0 aliphatic heterocycles. The number of rotatable bonds is 3. The smallest absolute Gasteiger partial charge is 0.271 e. The van der Waals surface area contributed by atoms with Crippen molar-refractivity contribution in [1.82, 2.24) is 14.8 Å². The van der Waals surface area contributed by atoms with Crippen LogP contribution in [0.25, 0.3) is 4.96 Å². The number of anilines is 1. The second kappa shape index (κ2) is 5.55. The molecule has 2 heterocycles. The van der Waals surface area contributed by atoms with Crippen LogP contribution in [0, 0.1) is 0 Å². The lowest BCUT2D eigenvalue weighted by Gasteiger charge is -2.00. The van der Waals surface area contributed by atoms with E-state index in [1.807, 2.05) is 11.6 Å². The Labute approximate surface area is 128 Å². The maximum atomic E-state index is 11.9. The highest BCUT2D eigenvalue weighted by molar-refractivity contribution is 7.15. The molecule has 0 aliphatic carbocycles. The number of hydrogen-bond donors (Lipinski definition) is 2. The predicted octanol–water partition coefficient (Wildman–Crippen LogP) is 2.40. The molecule has 0 unspecified atom stereocenters. The van der Waals surface area contributed by atoms with E-state index in [1.165, 1.54) is 17.6 Å². The number of carbonyl (C=O) groups excluding carboxylic acids is 1. The molecule has 0 fully saturated rings. The molecule has 1 aromatic carbocycles. The highest BCUT2D eigenvalue weighted by atomic mass is 35.5. The van der Waals surface area contributed by atoms with Gasteiger partial charge in [0.25, 0.3) is 5.91 Å². The summed E-state index contributed by atoms with van der Waals surface area (Å²) < 4.78 is 1.80. The zero-order valence-corrected chi connectivity index (χ0v) is 12.2. The van der Waals surface area contributed by atoms with Crippen molar-refractivity contribution in [1.29, 1.82) is 0 Å². The van der Waals surface area contributed by atoms with E-state index in [-0.39, 0.29) is 5.91 Å². The molecule has 1 amide bonds. The van der Waals surface area contributed by atoms with Gasteiger partial charge in [0, 0.05) is 22.8 Å². The van der Waals surface area contributed by atoms with Gasteiger partial charge in [0.05, 0.1) is 6.21 Å². The first kappa shape index (κ1) is 13.6. The summed E-state index contributed by atoms with van der Waals surface area (Å²) in [5.74, 6) is -0.326. The van der Waals surface area contributed by atoms with Crippen molar-refractivity contribution in [2.24, 2.45) is 5.10 Å². The molecule has 3 N–H and O–H groups in total. The summed E-state index contributed by atoms with van der Waals surface area (Å²) in [6, 6.07) is 6.56. The van der Waals surface area contributed by atoms with Crippen molar-refractivity contribution in [3.63, 3.8) is 0 Å². The summed E-state index contributed by atoms with van der Waals surface area (Å²) in [4.78, 5) is 16.8. The van der Waals surface area contributed by atoms with Gasteiger partial charge in [-0.05, 0) is 24.3 Å². The average molecular weight is 320 g/mol. The SMILES string of the molecule is Nc1ccc(C(=O)N/N=C/c2c(Cl)nc3sccn23)cc1. The number of nitrogens with zero attached hydrogens (tertiary/aromatic N) is 3. The Morgan fingerprint density at radius 2 is 2.19 bits per heavy atom. The number of thiazole rings is 1. The third kappa shape index (κ3) is 2.74. The molecular formula is C13H10ClN5OS. The van der Waals surface area contributed by atoms with Gasteiger partial charge < -0.3 is 5.73 Å². The first-order chi connectivity index (χ1) is 10.1. The van der Waals surface area contributed by atoms with Gasteiger partial charge in [0.15, 0.2) is 10.1 Å². The lowest BCUT2D eigenvalue weighted by molar-refractivity contribution is 0.0955. The number of amides is 1. The number of hydrazone groups is 1. The van der Waals surface area contributed by atoms with Crippen LogP contribution in [-0.4, -0.2) is 21.5 Å². The second-order valence-corrected chi connectivity index (χ2v) is 5.40. The van der Waals surface area contributed by atoms with Crippen LogP contribution in [0.15, 0.2) is 40.9 Å². The molecule has 0 saturated carbocycles. The largest absolute Gasteiger partial charge is 0.399 e. The molecule has 3 aromatic rings. The Bertz CT molecular complexity index is 821. The highest BCUT2D eigenvalue weighted by Crippen LogP contribution is 2.19. The molecule has 0 radical (unpaired) electrons. The van der Waals surface area contributed by atoms with E-state index in [0.717, 1.165) is 4.96 Å². The fourth-order valence-electron chi connectivity index (χ4n) is 1.74. The van der Waals surface area contributed by atoms with Crippen LogP contribution >= 0.6 is 22.9 Å². The molecule has 0 bridgehead atoms. The number of nitrogen functional groups attached to an aromatic ring is 1. The van der Waals surface area contributed by atoms with E-state index >= 15 is 0 Å². The molecule has 8 heteroatoms. The molecule has 0 spiro atoms. The Hall–Kier alpha value is -2.38. The van der Waals surface area contributed by atoms with Crippen molar-refractivity contribution in [3.8, 4) is 0 Å². The number of nitrogens with one attached hydrogen (secondary N) is 1. The van der Waals surface area contributed by atoms with Gasteiger partial charge in [-0.25, -0.2) is 10.4 Å². The second-order valence-electron chi connectivity index (χ2n) is 4.16. The van der Waals surface area contributed by atoms with E-state index in [0.29, 0.717) is 22.1 Å². The third-order valence-electron chi connectivity index (χ3n) is 2.78. The standard InChI is InChI=1S/C13H10ClN5OS/c14-11-10(19-5-6-21-13(19)17-11)7-16-18-12(20)8-1-3-9(15)4-2-8/h1-7H,15H2,(H,18,20)/b16-7+. The minimum Gasteiger partial charge on any atom is -0.399 e. The number of fused-ring (bicyclic) bond motifs is 1. The van der Waals surface area contributed by atoms with E-state index in [2.05, 4.69) is 15.5 Å². The van der Waals surface area contributed by atoms with Crippen LogP contribution in [0.2, 0.25) is 5.15 Å². The normalized spacial score (nSPS) is 11.3. The molecule has 0 saturated heterocycles. The molecule has 2 aromatic heterocycles. The summed E-state index contributed by atoms with van der Waals surface area (Å²) in [6.07, 6.45) is 3.30. The molecule has 6 nitrogen and oxygen atoms in total.